The van der Waals surface area contributed by atoms with Crippen LogP contribution in [-0.2, 0) is 0 Å². The van der Waals surface area contributed by atoms with Crippen molar-refractivity contribution in [3.05, 3.63) is 94.0 Å². The van der Waals surface area contributed by atoms with E-state index < -0.39 is 0 Å². The minimum absolute atomic E-state index is 0.311. The van der Waals surface area contributed by atoms with Crippen LogP contribution in [0.15, 0.2) is 66.7 Å². The molecule has 5 nitrogen and oxygen atoms in total. The first-order valence-corrected chi connectivity index (χ1v) is 8.99. The maximum absolute atomic E-state index is 12.5. The summed E-state index contributed by atoms with van der Waals surface area (Å²) in [6.45, 7) is 1.88. The Labute approximate surface area is 166 Å². The molecule has 0 unspecified atom stereocenters. The number of fused-ring (bicyclic) bond motifs is 1. The summed E-state index contributed by atoms with van der Waals surface area (Å²) < 4.78 is 0. The number of halogens is 1. The highest BCUT2D eigenvalue weighted by molar-refractivity contribution is 6.34. The molecule has 138 valence electrons. The molecule has 0 bridgehead atoms. The first-order valence-electron chi connectivity index (χ1n) is 8.61. The van der Waals surface area contributed by atoms with Gasteiger partial charge in [-0.15, -0.1) is 0 Å². The maximum atomic E-state index is 12.5. The van der Waals surface area contributed by atoms with Crippen molar-refractivity contribution in [2.75, 3.05) is 10.2 Å². The minimum Gasteiger partial charge on any atom is -0.322 e. The van der Waals surface area contributed by atoms with E-state index in [4.69, 9.17) is 11.6 Å². The van der Waals surface area contributed by atoms with Gasteiger partial charge in [0.25, 0.3) is 17.7 Å². The second-order valence-corrected chi connectivity index (χ2v) is 6.86. The van der Waals surface area contributed by atoms with Crippen LogP contribution in [0.5, 0.6) is 0 Å². The van der Waals surface area contributed by atoms with Gasteiger partial charge >= 0.3 is 0 Å². The van der Waals surface area contributed by atoms with Gasteiger partial charge in [-0.25, -0.2) is 4.90 Å². The van der Waals surface area contributed by atoms with Gasteiger partial charge in [0.1, 0.15) is 0 Å². The minimum atomic E-state index is -0.368. The Kier molecular flexibility index (Phi) is 4.45. The second kappa shape index (κ2) is 6.94. The van der Waals surface area contributed by atoms with Crippen molar-refractivity contribution in [1.82, 2.24) is 0 Å². The zero-order chi connectivity index (χ0) is 19.8. The third-order valence-corrected chi connectivity index (χ3v) is 5.02. The van der Waals surface area contributed by atoms with E-state index in [9.17, 15) is 14.4 Å². The highest BCUT2D eigenvalue weighted by Crippen LogP contribution is 2.28. The quantitative estimate of drug-likeness (QED) is 0.659. The fourth-order valence-corrected chi connectivity index (χ4v) is 3.24. The first-order chi connectivity index (χ1) is 13.5. The van der Waals surface area contributed by atoms with Crippen LogP contribution < -0.4 is 10.2 Å². The fourth-order valence-electron chi connectivity index (χ4n) is 3.06. The molecule has 0 radical (unpaired) electrons. The molecule has 0 spiro atoms. The van der Waals surface area contributed by atoms with Gasteiger partial charge in [0.2, 0.25) is 0 Å². The Bertz CT molecular complexity index is 1090. The van der Waals surface area contributed by atoms with Crippen molar-refractivity contribution in [3.63, 3.8) is 0 Å². The van der Waals surface area contributed by atoms with Gasteiger partial charge in [-0.2, -0.15) is 0 Å². The molecule has 3 amide bonds. The molecular formula is C22H15ClN2O3. The number of carbonyl (C=O) groups excluding carboxylic acids is 3. The number of nitrogens with one attached hydrogen (secondary N) is 1. The molecule has 3 aromatic rings. The van der Waals surface area contributed by atoms with Gasteiger partial charge in [-0.05, 0) is 61.0 Å². The van der Waals surface area contributed by atoms with E-state index in [1.807, 2.05) is 13.0 Å². The van der Waals surface area contributed by atoms with E-state index in [2.05, 4.69) is 5.32 Å². The van der Waals surface area contributed by atoms with Crippen molar-refractivity contribution < 1.29 is 14.4 Å². The molecule has 0 atom stereocenters. The number of imide groups is 1. The van der Waals surface area contributed by atoms with Crippen molar-refractivity contribution in [3.8, 4) is 0 Å². The van der Waals surface area contributed by atoms with Gasteiger partial charge in [-0.1, -0.05) is 29.8 Å². The number of aryl methyl sites for hydroxylation is 1. The summed E-state index contributed by atoms with van der Waals surface area (Å²) in [5, 5.41) is 3.34. The number of rotatable bonds is 3. The number of hydrogen-bond acceptors (Lipinski definition) is 3. The molecular weight excluding hydrogens is 376 g/mol. The van der Waals surface area contributed by atoms with Crippen molar-refractivity contribution in [1.29, 1.82) is 0 Å². The lowest BCUT2D eigenvalue weighted by Crippen LogP contribution is -2.29. The molecule has 1 N–H and O–H groups in total. The number of nitrogens with zero attached hydrogens (tertiary/aromatic N) is 1. The summed E-state index contributed by atoms with van der Waals surface area (Å²) in [7, 11) is 0. The van der Waals surface area contributed by atoms with Crippen LogP contribution in [0.4, 0.5) is 11.4 Å². The van der Waals surface area contributed by atoms with Crippen LogP contribution in [0.1, 0.15) is 36.6 Å². The summed E-state index contributed by atoms with van der Waals surface area (Å²) >= 11 is 6.08. The molecule has 1 heterocycles. The first kappa shape index (κ1) is 17.9. The molecule has 28 heavy (non-hydrogen) atoms. The molecule has 1 aliphatic rings. The number of anilines is 2. The van der Waals surface area contributed by atoms with E-state index in [-0.39, 0.29) is 17.7 Å². The smallest absolute Gasteiger partial charge is 0.266 e. The van der Waals surface area contributed by atoms with Gasteiger partial charge in [-0.3, -0.25) is 14.4 Å². The Morgan fingerprint density at radius 2 is 1.50 bits per heavy atom. The highest BCUT2D eigenvalue weighted by Gasteiger charge is 2.36. The number of carbonyl (C=O) groups is 3. The largest absolute Gasteiger partial charge is 0.322 e. The average molecular weight is 391 g/mol. The zero-order valence-corrected chi connectivity index (χ0v) is 15.7. The maximum Gasteiger partial charge on any atom is 0.266 e. The van der Waals surface area contributed by atoms with Crippen LogP contribution in [0.3, 0.4) is 0 Å². The summed E-state index contributed by atoms with van der Waals surface area (Å²) in [5.41, 5.74) is 3.09. The summed E-state index contributed by atoms with van der Waals surface area (Å²) in [4.78, 5) is 38.6. The number of hydrogen-bond donors (Lipinski definition) is 1. The molecule has 1 aliphatic heterocycles. The molecule has 6 heteroatoms. The lowest BCUT2D eigenvalue weighted by atomic mass is 10.1. The number of benzene rings is 3. The Morgan fingerprint density at radius 1 is 0.893 bits per heavy atom. The lowest BCUT2D eigenvalue weighted by molar-refractivity contribution is 0.0925. The molecule has 4 rings (SSSR count). The normalized spacial score (nSPS) is 12.9. The van der Waals surface area contributed by atoms with Gasteiger partial charge in [0.15, 0.2) is 0 Å². The van der Waals surface area contributed by atoms with Gasteiger partial charge in [0.05, 0.1) is 16.8 Å². The van der Waals surface area contributed by atoms with Gasteiger partial charge in [0, 0.05) is 16.3 Å². The second-order valence-electron chi connectivity index (χ2n) is 6.46. The fraction of sp³-hybridized carbons (Fsp3) is 0.0455. The molecule has 0 saturated carbocycles. The Hall–Kier alpha value is -3.44. The summed E-state index contributed by atoms with van der Waals surface area (Å²) in [6.07, 6.45) is 0. The highest BCUT2D eigenvalue weighted by atomic mass is 35.5. The van der Waals surface area contributed by atoms with E-state index in [1.165, 1.54) is 0 Å². The van der Waals surface area contributed by atoms with Crippen LogP contribution in [0.25, 0.3) is 0 Å². The zero-order valence-electron chi connectivity index (χ0n) is 14.9. The Morgan fingerprint density at radius 3 is 2.07 bits per heavy atom. The van der Waals surface area contributed by atoms with Crippen molar-refractivity contribution in [2.24, 2.45) is 0 Å². The summed E-state index contributed by atoms with van der Waals surface area (Å²) in [6, 6.07) is 18.3. The SMILES string of the molecule is Cc1ccc(NC(=O)c2ccc(N3C(=O)c4ccccc4C3=O)cc2)cc1Cl. The number of amides is 3. The predicted octanol–water partition coefficient (Wildman–Crippen LogP) is 4.70. The average Bonchev–Trinajstić information content (AvgIpc) is 2.96. The Balaban J connectivity index is 1.54. The molecule has 3 aromatic carbocycles. The molecule has 0 fully saturated rings. The van der Waals surface area contributed by atoms with E-state index >= 15 is 0 Å². The third kappa shape index (κ3) is 3.06. The topological polar surface area (TPSA) is 66.5 Å². The van der Waals surface area contributed by atoms with E-state index in [0.29, 0.717) is 33.1 Å². The van der Waals surface area contributed by atoms with E-state index in [0.717, 1.165) is 10.5 Å². The standard InChI is InChI=1S/C22H15ClN2O3/c1-13-6-9-15(12-19(13)23)24-20(26)14-7-10-16(11-8-14)25-21(27)17-4-2-3-5-18(17)22(25)28/h2-12H,1H3,(H,24,26). The third-order valence-electron chi connectivity index (χ3n) is 4.61. The van der Waals surface area contributed by atoms with Crippen molar-refractivity contribution in [2.45, 2.75) is 6.92 Å². The molecule has 0 saturated heterocycles. The summed E-state index contributed by atoms with van der Waals surface area (Å²) in [5.74, 6) is -1.05. The molecule has 0 aromatic heterocycles. The monoisotopic (exact) mass is 390 g/mol. The lowest BCUT2D eigenvalue weighted by Gasteiger charge is -2.14. The van der Waals surface area contributed by atoms with Crippen LogP contribution >= 0.6 is 11.6 Å². The van der Waals surface area contributed by atoms with Gasteiger partial charge < -0.3 is 5.32 Å². The van der Waals surface area contributed by atoms with Crippen molar-refractivity contribution >= 4 is 40.7 Å². The van der Waals surface area contributed by atoms with Crippen LogP contribution in [0.2, 0.25) is 5.02 Å². The van der Waals surface area contributed by atoms with Crippen LogP contribution in [0, 0.1) is 6.92 Å². The predicted molar refractivity (Wildman–Crippen MR) is 108 cm³/mol. The molecule has 0 aliphatic carbocycles. The van der Waals surface area contributed by atoms with Crippen LogP contribution in [-0.4, -0.2) is 17.7 Å². The van der Waals surface area contributed by atoms with E-state index in [1.54, 1.807) is 60.7 Å².